The second kappa shape index (κ2) is 12.3. The molecule has 2 amide bonds. The number of hydrazine groups is 1. The molecule has 3 N–H and O–H groups in total. The Bertz CT molecular complexity index is 1340. The normalized spacial score (nSPS) is 10.3. The number of carbonyl (C=O) groups excluding carboxylic acids is 2. The molecule has 0 aliphatic rings. The van der Waals surface area contributed by atoms with Gasteiger partial charge in [-0.2, -0.15) is 0 Å². The summed E-state index contributed by atoms with van der Waals surface area (Å²) in [5.41, 5.74) is 6.39. The smallest absolute Gasteiger partial charge is 0.257 e. The zero-order valence-electron chi connectivity index (χ0n) is 19.4. The number of amides is 2. The molecule has 8 heteroatoms. The van der Waals surface area contributed by atoms with Crippen LogP contribution in [0.4, 0.5) is 0 Å². The highest BCUT2D eigenvalue weighted by Crippen LogP contribution is 2.18. The number of carbonyl (C=O) groups is 2. The summed E-state index contributed by atoms with van der Waals surface area (Å²) in [7, 11) is 0. The molecule has 0 heterocycles. The van der Waals surface area contributed by atoms with E-state index in [0.29, 0.717) is 24.5 Å². The summed E-state index contributed by atoms with van der Waals surface area (Å²) < 4.78 is 11.2. The predicted molar refractivity (Wildman–Crippen MR) is 143 cm³/mol. The second-order valence-electron chi connectivity index (χ2n) is 7.81. The quantitative estimate of drug-likeness (QED) is 0.192. The minimum Gasteiger partial charge on any atom is -0.490 e. The SMILES string of the molecule is O=C(Cc1cccc2ccccc12)NNC(=S)NC(=O)c1ccc(OCCOc2ccccc2)cc1. The second-order valence-corrected chi connectivity index (χ2v) is 8.21. The molecular formula is C28H25N3O4S. The van der Waals surface area contributed by atoms with E-state index in [2.05, 4.69) is 16.2 Å². The van der Waals surface area contributed by atoms with Crippen molar-refractivity contribution in [3.8, 4) is 11.5 Å². The minimum atomic E-state index is -0.408. The standard InChI is InChI=1S/C28H25N3O4S/c32-26(19-22-9-6-8-20-7-4-5-12-25(20)22)30-31-28(36)29-27(33)21-13-15-24(16-14-21)35-18-17-34-23-10-2-1-3-11-23/h1-16H,17-19H2,(H,30,32)(H2,29,31,33,36). The number of fused-ring (bicyclic) bond motifs is 1. The van der Waals surface area contributed by atoms with Gasteiger partial charge < -0.3 is 9.47 Å². The summed E-state index contributed by atoms with van der Waals surface area (Å²) in [5.74, 6) is 0.711. The van der Waals surface area contributed by atoms with Gasteiger partial charge in [0.05, 0.1) is 6.42 Å². The van der Waals surface area contributed by atoms with Gasteiger partial charge in [0.1, 0.15) is 24.7 Å². The van der Waals surface area contributed by atoms with Gasteiger partial charge in [-0.1, -0.05) is 60.7 Å². The number of benzene rings is 4. The molecule has 0 fully saturated rings. The first-order valence-corrected chi connectivity index (χ1v) is 11.8. The summed E-state index contributed by atoms with van der Waals surface area (Å²) in [6, 6.07) is 29.8. The molecule has 0 unspecified atom stereocenters. The van der Waals surface area contributed by atoms with Crippen molar-refractivity contribution in [2.75, 3.05) is 13.2 Å². The van der Waals surface area contributed by atoms with E-state index in [1.54, 1.807) is 24.3 Å². The molecule has 0 bridgehead atoms. The highest BCUT2D eigenvalue weighted by molar-refractivity contribution is 7.80. The van der Waals surface area contributed by atoms with E-state index in [1.807, 2.05) is 72.8 Å². The molecule has 0 saturated carbocycles. The van der Waals surface area contributed by atoms with Crippen LogP contribution in [0.1, 0.15) is 15.9 Å². The van der Waals surface area contributed by atoms with Crippen LogP contribution in [0, 0.1) is 0 Å². The molecule has 0 saturated heterocycles. The fraction of sp³-hybridized carbons (Fsp3) is 0.107. The number of para-hydroxylation sites is 1. The van der Waals surface area contributed by atoms with Crippen molar-refractivity contribution in [3.05, 3.63) is 108 Å². The molecule has 0 spiro atoms. The topological polar surface area (TPSA) is 88.7 Å². The maximum absolute atomic E-state index is 12.5. The lowest BCUT2D eigenvalue weighted by molar-refractivity contribution is -0.121. The molecule has 4 aromatic carbocycles. The van der Waals surface area contributed by atoms with Crippen LogP contribution < -0.4 is 25.6 Å². The maximum Gasteiger partial charge on any atom is 0.257 e. The van der Waals surface area contributed by atoms with Crippen LogP contribution in [-0.4, -0.2) is 30.1 Å². The van der Waals surface area contributed by atoms with Crippen molar-refractivity contribution in [1.82, 2.24) is 16.2 Å². The van der Waals surface area contributed by atoms with Gasteiger partial charge in [0.25, 0.3) is 5.91 Å². The van der Waals surface area contributed by atoms with E-state index in [9.17, 15) is 9.59 Å². The monoisotopic (exact) mass is 499 g/mol. The van der Waals surface area contributed by atoms with Crippen molar-refractivity contribution >= 4 is 39.9 Å². The molecule has 4 rings (SSSR count). The van der Waals surface area contributed by atoms with Gasteiger partial charge in [0.2, 0.25) is 5.91 Å². The van der Waals surface area contributed by atoms with Gasteiger partial charge in [-0.3, -0.25) is 25.8 Å². The Kier molecular flexibility index (Phi) is 8.45. The number of ether oxygens (including phenoxy) is 2. The molecule has 0 atom stereocenters. The zero-order chi connectivity index (χ0) is 25.2. The van der Waals surface area contributed by atoms with Gasteiger partial charge in [-0.05, 0) is 65.0 Å². The van der Waals surface area contributed by atoms with Crippen LogP contribution in [0.5, 0.6) is 11.5 Å². The van der Waals surface area contributed by atoms with Crippen molar-refractivity contribution in [2.45, 2.75) is 6.42 Å². The Labute approximate surface area is 214 Å². The average molecular weight is 500 g/mol. The number of rotatable bonds is 8. The molecule has 36 heavy (non-hydrogen) atoms. The summed E-state index contributed by atoms with van der Waals surface area (Å²) in [4.78, 5) is 24.8. The number of nitrogens with one attached hydrogen (secondary N) is 3. The van der Waals surface area contributed by atoms with Crippen LogP contribution in [-0.2, 0) is 11.2 Å². The van der Waals surface area contributed by atoms with E-state index in [-0.39, 0.29) is 17.4 Å². The van der Waals surface area contributed by atoms with Gasteiger partial charge in [-0.15, -0.1) is 0 Å². The van der Waals surface area contributed by atoms with Crippen LogP contribution in [0.25, 0.3) is 10.8 Å². The molecule has 0 radical (unpaired) electrons. The first-order chi connectivity index (χ1) is 17.6. The molecule has 7 nitrogen and oxygen atoms in total. The molecule has 4 aromatic rings. The summed E-state index contributed by atoms with van der Waals surface area (Å²) in [6.07, 6.45) is 0.169. The Hall–Kier alpha value is -4.43. The Morgan fingerprint density at radius 1 is 0.694 bits per heavy atom. The minimum absolute atomic E-state index is 0.00958. The third-order valence-corrected chi connectivity index (χ3v) is 5.46. The third-order valence-electron chi connectivity index (χ3n) is 5.25. The lowest BCUT2D eigenvalue weighted by Gasteiger charge is -2.12. The van der Waals surface area contributed by atoms with Crippen LogP contribution >= 0.6 is 12.2 Å². The van der Waals surface area contributed by atoms with Gasteiger partial charge in [0, 0.05) is 5.56 Å². The van der Waals surface area contributed by atoms with Gasteiger partial charge in [0.15, 0.2) is 5.11 Å². The largest absolute Gasteiger partial charge is 0.490 e. The molecule has 0 aromatic heterocycles. The van der Waals surface area contributed by atoms with E-state index >= 15 is 0 Å². The summed E-state index contributed by atoms with van der Waals surface area (Å²) >= 11 is 5.13. The molecule has 0 aliphatic carbocycles. The zero-order valence-corrected chi connectivity index (χ0v) is 20.2. The Balaban J connectivity index is 1.19. The van der Waals surface area contributed by atoms with Crippen molar-refractivity contribution in [1.29, 1.82) is 0 Å². The molecule has 0 aliphatic heterocycles. The lowest BCUT2D eigenvalue weighted by Crippen LogP contribution is -2.48. The fourth-order valence-electron chi connectivity index (χ4n) is 3.54. The lowest BCUT2D eigenvalue weighted by atomic mass is 10.0. The highest BCUT2D eigenvalue weighted by Gasteiger charge is 2.10. The Morgan fingerprint density at radius 3 is 2.08 bits per heavy atom. The summed E-state index contributed by atoms with van der Waals surface area (Å²) in [5, 5.41) is 4.61. The van der Waals surface area contributed by atoms with E-state index < -0.39 is 5.91 Å². The van der Waals surface area contributed by atoms with Gasteiger partial charge in [-0.25, -0.2) is 0 Å². The molecule has 182 valence electrons. The third kappa shape index (κ3) is 7.04. The average Bonchev–Trinajstić information content (AvgIpc) is 2.91. The van der Waals surface area contributed by atoms with E-state index in [0.717, 1.165) is 22.1 Å². The number of hydrogen-bond donors (Lipinski definition) is 3. The number of hydrogen-bond acceptors (Lipinski definition) is 5. The maximum atomic E-state index is 12.5. The van der Waals surface area contributed by atoms with Crippen LogP contribution in [0.15, 0.2) is 97.1 Å². The first-order valence-electron chi connectivity index (χ1n) is 11.4. The fourth-order valence-corrected chi connectivity index (χ4v) is 3.68. The van der Waals surface area contributed by atoms with Crippen molar-refractivity contribution < 1.29 is 19.1 Å². The van der Waals surface area contributed by atoms with Crippen LogP contribution in [0.3, 0.4) is 0 Å². The predicted octanol–water partition coefficient (Wildman–Crippen LogP) is 4.18. The van der Waals surface area contributed by atoms with Crippen molar-refractivity contribution in [2.24, 2.45) is 0 Å². The highest BCUT2D eigenvalue weighted by atomic mass is 32.1. The number of thiocarbonyl (C=S) groups is 1. The first kappa shape index (κ1) is 24.7. The summed E-state index contributed by atoms with van der Waals surface area (Å²) in [6.45, 7) is 0.769. The van der Waals surface area contributed by atoms with Gasteiger partial charge >= 0.3 is 0 Å². The van der Waals surface area contributed by atoms with E-state index in [4.69, 9.17) is 21.7 Å². The Morgan fingerprint density at radius 2 is 1.33 bits per heavy atom. The molecular weight excluding hydrogens is 474 g/mol. The van der Waals surface area contributed by atoms with Crippen LogP contribution in [0.2, 0.25) is 0 Å². The van der Waals surface area contributed by atoms with E-state index in [1.165, 1.54) is 0 Å². The van der Waals surface area contributed by atoms with Crippen molar-refractivity contribution in [3.63, 3.8) is 0 Å².